The second-order valence-electron chi connectivity index (χ2n) is 5.20. The summed E-state index contributed by atoms with van der Waals surface area (Å²) in [6.07, 6.45) is 1.52. The van der Waals surface area contributed by atoms with Crippen LogP contribution in [0.15, 0.2) is 18.2 Å². The van der Waals surface area contributed by atoms with Crippen LogP contribution in [0, 0.1) is 13.8 Å². The van der Waals surface area contributed by atoms with Crippen molar-refractivity contribution in [1.82, 2.24) is 10.6 Å². The van der Waals surface area contributed by atoms with Gasteiger partial charge in [-0.25, -0.2) is 0 Å². The van der Waals surface area contributed by atoms with Crippen LogP contribution in [0.1, 0.15) is 49.4 Å². The molecule has 0 aromatic heterocycles. The zero-order valence-corrected chi connectivity index (χ0v) is 12.5. The first-order chi connectivity index (χ1) is 9.02. The summed E-state index contributed by atoms with van der Waals surface area (Å²) in [6, 6.07) is 6.84. The van der Waals surface area contributed by atoms with Gasteiger partial charge in [0.2, 0.25) is 5.91 Å². The zero-order valence-electron chi connectivity index (χ0n) is 12.5. The third kappa shape index (κ3) is 5.88. The molecule has 19 heavy (non-hydrogen) atoms. The number of rotatable bonds is 7. The average molecular weight is 262 g/mol. The number of carbonyl (C=O) groups excluding carboxylic acids is 1. The molecule has 1 unspecified atom stereocenters. The minimum absolute atomic E-state index is 0.127. The number of hydrogen-bond donors (Lipinski definition) is 2. The molecule has 106 valence electrons. The molecule has 0 saturated heterocycles. The van der Waals surface area contributed by atoms with E-state index in [1.165, 1.54) is 16.7 Å². The first-order valence-electron chi connectivity index (χ1n) is 7.11. The van der Waals surface area contributed by atoms with Gasteiger partial charge in [0.1, 0.15) is 0 Å². The number of benzene rings is 1. The number of amides is 1. The van der Waals surface area contributed by atoms with Gasteiger partial charge < -0.3 is 10.6 Å². The molecular formula is C16H26N2O. The Morgan fingerprint density at radius 2 is 1.79 bits per heavy atom. The smallest absolute Gasteiger partial charge is 0.221 e. The fourth-order valence-corrected chi connectivity index (χ4v) is 2.13. The van der Waals surface area contributed by atoms with Gasteiger partial charge in [-0.05, 0) is 32.8 Å². The first-order valence-corrected chi connectivity index (χ1v) is 7.11. The Kier molecular flexibility index (Phi) is 6.57. The fraction of sp³-hybridized carbons (Fsp3) is 0.562. The first kappa shape index (κ1) is 15.7. The maximum absolute atomic E-state index is 11.5. The Bertz CT molecular complexity index is 395. The van der Waals surface area contributed by atoms with Gasteiger partial charge in [-0.15, -0.1) is 0 Å². The highest BCUT2D eigenvalue weighted by atomic mass is 16.1. The van der Waals surface area contributed by atoms with Gasteiger partial charge in [0.15, 0.2) is 0 Å². The summed E-state index contributed by atoms with van der Waals surface area (Å²) in [6.45, 7) is 9.90. The van der Waals surface area contributed by atoms with Crippen LogP contribution in [0.25, 0.3) is 0 Å². The molecule has 3 heteroatoms. The lowest BCUT2D eigenvalue weighted by Gasteiger charge is -2.15. The molecule has 1 amide bonds. The van der Waals surface area contributed by atoms with Crippen LogP contribution in [-0.2, 0) is 4.79 Å². The number of nitrogens with one attached hydrogen (secondary N) is 2. The highest BCUT2D eigenvalue weighted by molar-refractivity contribution is 5.75. The molecule has 0 aliphatic heterocycles. The summed E-state index contributed by atoms with van der Waals surface area (Å²) < 4.78 is 0. The third-order valence-electron chi connectivity index (χ3n) is 3.12. The van der Waals surface area contributed by atoms with Gasteiger partial charge in [0.25, 0.3) is 0 Å². The second-order valence-corrected chi connectivity index (χ2v) is 5.20. The summed E-state index contributed by atoms with van der Waals surface area (Å²) in [5.74, 6) is 0.127. The van der Waals surface area contributed by atoms with Crippen molar-refractivity contribution in [1.29, 1.82) is 0 Å². The van der Waals surface area contributed by atoms with Crippen LogP contribution in [0.2, 0.25) is 0 Å². The summed E-state index contributed by atoms with van der Waals surface area (Å²) >= 11 is 0. The number of carbonyl (C=O) groups is 1. The summed E-state index contributed by atoms with van der Waals surface area (Å²) in [5, 5.41) is 6.28. The van der Waals surface area contributed by atoms with E-state index in [1.807, 2.05) is 0 Å². The molecule has 0 bridgehead atoms. The summed E-state index contributed by atoms with van der Waals surface area (Å²) in [4.78, 5) is 11.5. The van der Waals surface area contributed by atoms with E-state index in [0.29, 0.717) is 13.0 Å². The average Bonchev–Trinajstić information content (AvgIpc) is 2.35. The molecule has 0 fully saturated rings. The topological polar surface area (TPSA) is 41.1 Å². The highest BCUT2D eigenvalue weighted by Gasteiger charge is 2.07. The van der Waals surface area contributed by atoms with Crippen molar-refractivity contribution in [3.63, 3.8) is 0 Å². The molecule has 3 nitrogen and oxygen atoms in total. The molecule has 0 radical (unpaired) electrons. The van der Waals surface area contributed by atoms with E-state index in [9.17, 15) is 4.79 Å². The largest absolute Gasteiger partial charge is 0.356 e. The highest BCUT2D eigenvalue weighted by Crippen LogP contribution is 2.16. The van der Waals surface area contributed by atoms with Crippen molar-refractivity contribution in [2.24, 2.45) is 0 Å². The number of hydrogen-bond acceptors (Lipinski definition) is 2. The van der Waals surface area contributed by atoms with E-state index >= 15 is 0 Å². The monoisotopic (exact) mass is 262 g/mol. The molecule has 2 N–H and O–H groups in total. The molecule has 1 aromatic carbocycles. The Hall–Kier alpha value is -1.35. The minimum Gasteiger partial charge on any atom is -0.356 e. The van der Waals surface area contributed by atoms with E-state index in [4.69, 9.17) is 0 Å². The van der Waals surface area contributed by atoms with Gasteiger partial charge in [0, 0.05) is 25.6 Å². The second kappa shape index (κ2) is 7.95. The van der Waals surface area contributed by atoms with Gasteiger partial charge in [-0.2, -0.15) is 0 Å². The molecule has 1 atom stereocenters. The predicted molar refractivity (Wildman–Crippen MR) is 80.3 cm³/mol. The van der Waals surface area contributed by atoms with E-state index in [1.54, 1.807) is 0 Å². The van der Waals surface area contributed by atoms with Gasteiger partial charge in [-0.1, -0.05) is 36.2 Å². The standard InChI is InChI=1S/C16H26N2O/c1-5-7-18-16(19)6-8-17-14(4)15-10-12(2)9-13(3)11-15/h9-11,14,17H,5-8H2,1-4H3,(H,18,19). The molecule has 1 rings (SSSR count). The lowest BCUT2D eigenvalue weighted by molar-refractivity contribution is -0.121. The summed E-state index contributed by atoms with van der Waals surface area (Å²) in [7, 11) is 0. The lowest BCUT2D eigenvalue weighted by atomic mass is 10.0. The molecule has 0 heterocycles. The van der Waals surface area contributed by atoms with Gasteiger partial charge >= 0.3 is 0 Å². The molecular weight excluding hydrogens is 236 g/mol. The zero-order chi connectivity index (χ0) is 14.3. The third-order valence-corrected chi connectivity index (χ3v) is 3.12. The molecule has 0 spiro atoms. The SMILES string of the molecule is CCCNC(=O)CCNC(C)c1cc(C)cc(C)c1. The normalized spacial score (nSPS) is 12.2. The van der Waals surface area contributed by atoms with Crippen molar-refractivity contribution in [2.75, 3.05) is 13.1 Å². The van der Waals surface area contributed by atoms with E-state index in [0.717, 1.165) is 13.0 Å². The van der Waals surface area contributed by atoms with Gasteiger partial charge in [0.05, 0.1) is 0 Å². The van der Waals surface area contributed by atoms with Crippen LogP contribution in [0.3, 0.4) is 0 Å². The molecule has 0 aliphatic carbocycles. The van der Waals surface area contributed by atoms with E-state index in [2.05, 4.69) is 56.5 Å². The Morgan fingerprint density at radius 3 is 2.37 bits per heavy atom. The summed E-state index contributed by atoms with van der Waals surface area (Å²) in [5.41, 5.74) is 3.85. The van der Waals surface area contributed by atoms with Crippen LogP contribution in [0.5, 0.6) is 0 Å². The number of aryl methyl sites for hydroxylation is 2. The van der Waals surface area contributed by atoms with Gasteiger partial charge in [-0.3, -0.25) is 4.79 Å². The lowest BCUT2D eigenvalue weighted by Crippen LogP contribution is -2.29. The molecule has 1 aromatic rings. The van der Waals surface area contributed by atoms with Crippen molar-refractivity contribution in [2.45, 2.75) is 46.6 Å². The Balaban J connectivity index is 2.38. The van der Waals surface area contributed by atoms with Crippen LogP contribution < -0.4 is 10.6 Å². The van der Waals surface area contributed by atoms with Crippen molar-refractivity contribution in [3.8, 4) is 0 Å². The Labute approximate surface area is 116 Å². The van der Waals surface area contributed by atoms with E-state index < -0.39 is 0 Å². The van der Waals surface area contributed by atoms with Crippen molar-refractivity contribution in [3.05, 3.63) is 34.9 Å². The van der Waals surface area contributed by atoms with Crippen molar-refractivity contribution >= 4 is 5.91 Å². The van der Waals surface area contributed by atoms with Crippen molar-refractivity contribution < 1.29 is 4.79 Å². The maximum Gasteiger partial charge on any atom is 0.221 e. The fourth-order valence-electron chi connectivity index (χ4n) is 2.13. The minimum atomic E-state index is 0.127. The Morgan fingerprint density at radius 1 is 1.16 bits per heavy atom. The quantitative estimate of drug-likeness (QED) is 0.793. The van der Waals surface area contributed by atoms with Crippen LogP contribution in [0.4, 0.5) is 0 Å². The van der Waals surface area contributed by atoms with E-state index in [-0.39, 0.29) is 11.9 Å². The maximum atomic E-state index is 11.5. The van der Waals surface area contributed by atoms with Crippen LogP contribution in [-0.4, -0.2) is 19.0 Å². The molecule has 0 saturated carbocycles. The molecule has 0 aliphatic rings. The predicted octanol–water partition coefficient (Wildman–Crippen LogP) is 2.87. The van der Waals surface area contributed by atoms with Crippen LogP contribution >= 0.6 is 0 Å².